The molecule has 2 N–H and O–H groups in total. The van der Waals surface area contributed by atoms with Crippen LogP contribution < -0.4 is 14.8 Å². The molecular formula is C17H20N2O4S. The van der Waals surface area contributed by atoms with Crippen molar-refractivity contribution in [1.82, 2.24) is 0 Å². The molecule has 2 aromatic rings. The third-order valence-electron chi connectivity index (χ3n) is 3.48. The average Bonchev–Trinajstić information content (AvgIpc) is 2.57. The van der Waals surface area contributed by atoms with Crippen molar-refractivity contribution in [3.8, 4) is 5.75 Å². The number of methoxy groups -OCH3 is 1. The van der Waals surface area contributed by atoms with Gasteiger partial charge in [-0.3, -0.25) is 9.52 Å². The Morgan fingerprint density at radius 3 is 2.38 bits per heavy atom. The van der Waals surface area contributed by atoms with Crippen LogP contribution in [-0.2, 0) is 10.0 Å². The summed E-state index contributed by atoms with van der Waals surface area (Å²) in [5, 5.41) is 2.81. The first-order chi connectivity index (χ1) is 11.4. The van der Waals surface area contributed by atoms with E-state index in [0.29, 0.717) is 28.3 Å². The van der Waals surface area contributed by atoms with Crippen molar-refractivity contribution in [3.05, 3.63) is 53.6 Å². The molecule has 7 heteroatoms. The SMILES string of the molecule is CCS(=O)(=O)Nc1cc(C)c(NC(=O)c2ccccc2)cc1OC. The number of sulfonamides is 1. The molecule has 128 valence electrons. The summed E-state index contributed by atoms with van der Waals surface area (Å²) in [6, 6.07) is 12.1. The van der Waals surface area contributed by atoms with E-state index < -0.39 is 10.0 Å². The molecule has 0 unspecified atom stereocenters. The Morgan fingerprint density at radius 2 is 1.79 bits per heavy atom. The molecule has 0 aliphatic heterocycles. The van der Waals surface area contributed by atoms with E-state index in [-0.39, 0.29) is 11.7 Å². The Morgan fingerprint density at radius 1 is 1.12 bits per heavy atom. The predicted molar refractivity (Wildman–Crippen MR) is 95.2 cm³/mol. The van der Waals surface area contributed by atoms with E-state index >= 15 is 0 Å². The van der Waals surface area contributed by atoms with E-state index in [1.54, 1.807) is 50.2 Å². The Hall–Kier alpha value is -2.54. The van der Waals surface area contributed by atoms with Crippen molar-refractivity contribution in [2.45, 2.75) is 13.8 Å². The summed E-state index contributed by atoms with van der Waals surface area (Å²) in [7, 11) is -1.98. The van der Waals surface area contributed by atoms with Gasteiger partial charge in [-0.25, -0.2) is 8.42 Å². The van der Waals surface area contributed by atoms with Crippen LogP contribution in [0, 0.1) is 6.92 Å². The second-order valence-electron chi connectivity index (χ2n) is 5.19. The molecule has 0 atom stereocenters. The lowest BCUT2D eigenvalue weighted by Crippen LogP contribution is -2.16. The number of ether oxygens (including phenoxy) is 1. The molecular weight excluding hydrogens is 328 g/mol. The highest BCUT2D eigenvalue weighted by atomic mass is 32.2. The number of anilines is 2. The molecule has 0 saturated carbocycles. The number of hydrogen-bond acceptors (Lipinski definition) is 4. The van der Waals surface area contributed by atoms with E-state index in [1.165, 1.54) is 7.11 Å². The van der Waals surface area contributed by atoms with Crippen molar-refractivity contribution >= 4 is 27.3 Å². The highest BCUT2D eigenvalue weighted by molar-refractivity contribution is 7.92. The molecule has 0 aliphatic carbocycles. The zero-order valence-electron chi connectivity index (χ0n) is 13.8. The number of hydrogen-bond donors (Lipinski definition) is 2. The lowest BCUT2D eigenvalue weighted by atomic mass is 10.1. The first-order valence-corrected chi connectivity index (χ1v) is 9.07. The number of amides is 1. The van der Waals surface area contributed by atoms with Crippen LogP contribution in [-0.4, -0.2) is 27.2 Å². The van der Waals surface area contributed by atoms with Crippen LogP contribution >= 0.6 is 0 Å². The summed E-state index contributed by atoms with van der Waals surface area (Å²) in [6.07, 6.45) is 0. The highest BCUT2D eigenvalue weighted by Gasteiger charge is 2.15. The van der Waals surface area contributed by atoms with Crippen LogP contribution in [0.25, 0.3) is 0 Å². The standard InChI is InChI=1S/C17H20N2O4S/c1-4-24(21,22)19-15-10-12(2)14(11-16(15)23-3)18-17(20)13-8-6-5-7-9-13/h5-11,19H,4H2,1-3H3,(H,18,20). The van der Waals surface area contributed by atoms with E-state index in [1.807, 2.05) is 6.07 Å². The van der Waals surface area contributed by atoms with Crippen molar-refractivity contribution in [2.75, 3.05) is 22.9 Å². The number of nitrogens with one attached hydrogen (secondary N) is 2. The second kappa shape index (κ2) is 7.35. The van der Waals surface area contributed by atoms with Crippen molar-refractivity contribution < 1.29 is 17.9 Å². The second-order valence-corrected chi connectivity index (χ2v) is 7.20. The van der Waals surface area contributed by atoms with Crippen molar-refractivity contribution in [1.29, 1.82) is 0 Å². The molecule has 0 heterocycles. The molecule has 0 radical (unpaired) electrons. The molecule has 0 spiro atoms. The third-order valence-corrected chi connectivity index (χ3v) is 4.77. The highest BCUT2D eigenvalue weighted by Crippen LogP contribution is 2.32. The summed E-state index contributed by atoms with van der Waals surface area (Å²) >= 11 is 0. The van der Waals surface area contributed by atoms with Gasteiger partial charge in [0.05, 0.1) is 18.6 Å². The van der Waals surface area contributed by atoms with Gasteiger partial charge < -0.3 is 10.1 Å². The maximum atomic E-state index is 12.3. The molecule has 2 rings (SSSR count). The Kier molecular flexibility index (Phi) is 5.46. The molecule has 1 amide bonds. The first-order valence-electron chi connectivity index (χ1n) is 7.42. The van der Waals surface area contributed by atoms with Gasteiger partial charge in [0.15, 0.2) is 0 Å². The maximum absolute atomic E-state index is 12.3. The summed E-state index contributed by atoms with van der Waals surface area (Å²) in [4.78, 5) is 12.3. The summed E-state index contributed by atoms with van der Waals surface area (Å²) in [5.74, 6) is 0.0467. The molecule has 24 heavy (non-hydrogen) atoms. The van der Waals surface area contributed by atoms with Crippen LogP contribution in [0.2, 0.25) is 0 Å². The Labute approximate surface area is 141 Å². The number of benzene rings is 2. The number of aryl methyl sites for hydroxylation is 1. The number of carbonyl (C=O) groups excluding carboxylic acids is 1. The van der Waals surface area contributed by atoms with E-state index in [2.05, 4.69) is 10.0 Å². The molecule has 2 aromatic carbocycles. The van der Waals surface area contributed by atoms with Gasteiger partial charge in [-0.15, -0.1) is 0 Å². The van der Waals surface area contributed by atoms with Gasteiger partial charge in [0.25, 0.3) is 5.91 Å². The molecule has 0 saturated heterocycles. The van der Waals surface area contributed by atoms with Gasteiger partial charge in [0.1, 0.15) is 5.75 Å². The maximum Gasteiger partial charge on any atom is 0.255 e. The van der Waals surface area contributed by atoms with Gasteiger partial charge in [-0.1, -0.05) is 18.2 Å². The van der Waals surface area contributed by atoms with Crippen molar-refractivity contribution in [3.63, 3.8) is 0 Å². The smallest absolute Gasteiger partial charge is 0.255 e. The molecule has 0 fully saturated rings. The van der Waals surface area contributed by atoms with Gasteiger partial charge in [-0.05, 0) is 37.6 Å². The summed E-state index contributed by atoms with van der Waals surface area (Å²) in [5.41, 5.74) is 2.15. The van der Waals surface area contributed by atoms with Gasteiger partial charge in [0.2, 0.25) is 10.0 Å². The lowest BCUT2D eigenvalue weighted by Gasteiger charge is -2.15. The fraction of sp³-hybridized carbons (Fsp3) is 0.235. The van der Waals surface area contributed by atoms with Gasteiger partial charge in [0, 0.05) is 17.3 Å². The van der Waals surface area contributed by atoms with Crippen molar-refractivity contribution in [2.24, 2.45) is 0 Å². The number of carbonyl (C=O) groups is 1. The fourth-order valence-electron chi connectivity index (χ4n) is 2.10. The van der Waals surface area contributed by atoms with E-state index in [9.17, 15) is 13.2 Å². The van der Waals surface area contributed by atoms with E-state index in [4.69, 9.17) is 4.74 Å². The van der Waals surface area contributed by atoms with Crippen LogP contribution in [0.1, 0.15) is 22.8 Å². The minimum Gasteiger partial charge on any atom is -0.494 e. The summed E-state index contributed by atoms with van der Waals surface area (Å²) in [6.45, 7) is 3.33. The zero-order chi connectivity index (χ0) is 17.7. The Bertz CT molecular complexity index is 833. The normalized spacial score (nSPS) is 11.0. The molecule has 6 nitrogen and oxygen atoms in total. The van der Waals surface area contributed by atoms with Crippen LogP contribution in [0.5, 0.6) is 5.75 Å². The molecule has 0 aromatic heterocycles. The monoisotopic (exact) mass is 348 g/mol. The van der Waals surface area contributed by atoms with Crippen LogP contribution in [0.4, 0.5) is 11.4 Å². The summed E-state index contributed by atoms with van der Waals surface area (Å²) < 4.78 is 31.2. The number of rotatable bonds is 6. The Balaban J connectivity index is 2.31. The molecule has 0 aliphatic rings. The average molecular weight is 348 g/mol. The third kappa shape index (κ3) is 4.26. The lowest BCUT2D eigenvalue weighted by molar-refractivity contribution is 0.102. The fourth-order valence-corrected chi connectivity index (χ4v) is 2.73. The first kappa shape index (κ1) is 17.8. The molecule has 0 bridgehead atoms. The zero-order valence-corrected chi connectivity index (χ0v) is 14.6. The van der Waals surface area contributed by atoms with Crippen LogP contribution in [0.3, 0.4) is 0 Å². The minimum atomic E-state index is -3.42. The quantitative estimate of drug-likeness (QED) is 0.840. The topological polar surface area (TPSA) is 84.5 Å². The predicted octanol–water partition coefficient (Wildman–Crippen LogP) is 3.02. The van der Waals surface area contributed by atoms with E-state index in [0.717, 1.165) is 0 Å². The van der Waals surface area contributed by atoms with Gasteiger partial charge >= 0.3 is 0 Å². The largest absolute Gasteiger partial charge is 0.494 e. The van der Waals surface area contributed by atoms with Crippen LogP contribution in [0.15, 0.2) is 42.5 Å². The van der Waals surface area contributed by atoms with Gasteiger partial charge in [-0.2, -0.15) is 0 Å². The minimum absolute atomic E-state index is 0.0400.